The molecule has 0 aliphatic heterocycles. The minimum atomic E-state index is -0.251. The molecule has 0 heterocycles. The predicted octanol–water partition coefficient (Wildman–Crippen LogP) is 2.57. The molecule has 18 heavy (non-hydrogen) atoms. The molecule has 0 unspecified atom stereocenters. The third-order valence-corrected chi connectivity index (χ3v) is 3.92. The monoisotopic (exact) mass is 266 g/mol. The molecule has 0 bridgehead atoms. The van der Waals surface area contributed by atoms with Crippen LogP contribution >= 0.6 is 11.6 Å². The summed E-state index contributed by atoms with van der Waals surface area (Å²) in [5.41, 5.74) is 6.30. The fourth-order valence-corrected chi connectivity index (χ4v) is 2.85. The second kappa shape index (κ2) is 5.72. The number of hydrogen-bond acceptors (Lipinski definition) is 2. The molecule has 1 saturated carbocycles. The Morgan fingerprint density at radius 3 is 2.39 bits per heavy atom. The number of amides is 1. The van der Waals surface area contributed by atoms with E-state index in [1.807, 2.05) is 24.3 Å². The van der Waals surface area contributed by atoms with Crippen LogP contribution in [0.15, 0.2) is 24.3 Å². The number of hydrogen-bond donors (Lipinski definition) is 2. The molecule has 0 spiro atoms. The minimum absolute atomic E-state index is 0.0370. The highest BCUT2D eigenvalue weighted by Crippen LogP contribution is 2.37. The molecule has 1 aromatic rings. The molecule has 1 aliphatic carbocycles. The first-order valence-electron chi connectivity index (χ1n) is 6.43. The SMILES string of the molecule is NCC(=O)NC1(c2ccc(Cl)cc2)CCCCC1. The van der Waals surface area contributed by atoms with Gasteiger partial charge in [0.1, 0.15) is 0 Å². The zero-order valence-electron chi connectivity index (χ0n) is 10.4. The predicted molar refractivity (Wildman–Crippen MR) is 73.4 cm³/mol. The third-order valence-electron chi connectivity index (χ3n) is 3.67. The van der Waals surface area contributed by atoms with Crippen LogP contribution in [-0.4, -0.2) is 12.5 Å². The van der Waals surface area contributed by atoms with Gasteiger partial charge in [0, 0.05) is 5.02 Å². The summed E-state index contributed by atoms with van der Waals surface area (Å²) in [6.07, 6.45) is 5.44. The fourth-order valence-electron chi connectivity index (χ4n) is 2.73. The quantitative estimate of drug-likeness (QED) is 0.884. The second-order valence-electron chi connectivity index (χ2n) is 4.90. The van der Waals surface area contributed by atoms with E-state index in [0.29, 0.717) is 0 Å². The number of nitrogens with one attached hydrogen (secondary N) is 1. The van der Waals surface area contributed by atoms with E-state index in [2.05, 4.69) is 5.32 Å². The maximum absolute atomic E-state index is 11.7. The Balaban J connectivity index is 2.28. The Morgan fingerprint density at radius 2 is 1.83 bits per heavy atom. The van der Waals surface area contributed by atoms with Crippen LogP contribution in [-0.2, 0) is 10.3 Å². The van der Waals surface area contributed by atoms with E-state index in [-0.39, 0.29) is 18.0 Å². The van der Waals surface area contributed by atoms with Crippen LogP contribution < -0.4 is 11.1 Å². The number of rotatable bonds is 3. The Labute approximate surface area is 113 Å². The largest absolute Gasteiger partial charge is 0.345 e. The van der Waals surface area contributed by atoms with Crippen molar-refractivity contribution >= 4 is 17.5 Å². The summed E-state index contributed by atoms with van der Waals surface area (Å²) in [7, 11) is 0. The summed E-state index contributed by atoms with van der Waals surface area (Å²) in [5.74, 6) is -0.0909. The van der Waals surface area contributed by atoms with Crippen molar-refractivity contribution in [3.05, 3.63) is 34.9 Å². The summed E-state index contributed by atoms with van der Waals surface area (Å²) < 4.78 is 0. The van der Waals surface area contributed by atoms with E-state index < -0.39 is 0 Å². The van der Waals surface area contributed by atoms with Gasteiger partial charge < -0.3 is 11.1 Å². The highest BCUT2D eigenvalue weighted by molar-refractivity contribution is 6.30. The van der Waals surface area contributed by atoms with Gasteiger partial charge in [0.25, 0.3) is 0 Å². The lowest BCUT2D eigenvalue weighted by atomic mass is 9.76. The Bertz CT molecular complexity index is 410. The lowest BCUT2D eigenvalue weighted by Gasteiger charge is -2.38. The molecule has 0 radical (unpaired) electrons. The Morgan fingerprint density at radius 1 is 1.22 bits per heavy atom. The Hall–Kier alpha value is -1.06. The number of carbonyl (C=O) groups is 1. The second-order valence-corrected chi connectivity index (χ2v) is 5.34. The molecule has 1 aromatic carbocycles. The van der Waals surface area contributed by atoms with Crippen LogP contribution in [0.2, 0.25) is 5.02 Å². The van der Waals surface area contributed by atoms with Crippen molar-refractivity contribution in [2.75, 3.05) is 6.54 Å². The first-order chi connectivity index (χ1) is 8.66. The van der Waals surface area contributed by atoms with Crippen LogP contribution in [0.4, 0.5) is 0 Å². The van der Waals surface area contributed by atoms with Gasteiger partial charge in [-0.25, -0.2) is 0 Å². The van der Waals surface area contributed by atoms with Crippen LogP contribution in [0.3, 0.4) is 0 Å². The van der Waals surface area contributed by atoms with Gasteiger partial charge in [-0.15, -0.1) is 0 Å². The highest BCUT2D eigenvalue weighted by Gasteiger charge is 2.34. The lowest BCUT2D eigenvalue weighted by Crippen LogP contribution is -2.49. The number of nitrogens with two attached hydrogens (primary N) is 1. The average Bonchev–Trinajstić information content (AvgIpc) is 2.40. The van der Waals surface area contributed by atoms with Crippen molar-refractivity contribution in [2.24, 2.45) is 5.73 Å². The van der Waals surface area contributed by atoms with E-state index in [0.717, 1.165) is 36.3 Å². The zero-order valence-corrected chi connectivity index (χ0v) is 11.2. The molecule has 3 N–H and O–H groups in total. The van der Waals surface area contributed by atoms with E-state index in [1.54, 1.807) is 0 Å². The van der Waals surface area contributed by atoms with Gasteiger partial charge in [-0.2, -0.15) is 0 Å². The van der Waals surface area contributed by atoms with Crippen LogP contribution in [0, 0.1) is 0 Å². The molecular formula is C14H19ClN2O. The topological polar surface area (TPSA) is 55.1 Å². The van der Waals surface area contributed by atoms with Gasteiger partial charge in [0.2, 0.25) is 5.91 Å². The smallest absolute Gasteiger partial charge is 0.234 e. The van der Waals surface area contributed by atoms with Crippen molar-refractivity contribution in [1.29, 1.82) is 0 Å². The van der Waals surface area contributed by atoms with E-state index in [1.165, 1.54) is 6.42 Å². The van der Waals surface area contributed by atoms with Crippen LogP contribution in [0.1, 0.15) is 37.7 Å². The molecule has 3 nitrogen and oxygen atoms in total. The summed E-state index contributed by atoms with van der Waals surface area (Å²) in [6.45, 7) is 0.0370. The van der Waals surface area contributed by atoms with Gasteiger partial charge >= 0.3 is 0 Å². The Kier molecular flexibility index (Phi) is 4.25. The average molecular weight is 267 g/mol. The summed E-state index contributed by atoms with van der Waals surface area (Å²) >= 11 is 5.92. The molecule has 1 amide bonds. The zero-order chi connectivity index (χ0) is 13.0. The highest BCUT2D eigenvalue weighted by atomic mass is 35.5. The standard InChI is InChI=1S/C14H19ClN2O/c15-12-6-4-11(5-7-12)14(17-13(18)10-16)8-2-1-3-9-14/h4-7H,1-3,8-10,16H2,(H,17,18). The first kappa shape index (κ1) is 13.4. The summed E-state index contributed by atoms with van der Waals surface area (Å²) in [5, 5.41) is 3.83. The fraction of sp³-hybridized carbons (Fsp3) is 0.500. The van der Waals surface area contributed by atoms with E-state index in [4.69, 9.17) is 17.3 Å². The first-order valence-corrected chi connectivity index (χ1v) is 6.81. The van der Waals surface area contributed by atoms with Crippen molar-refractivity contribution in [3.8, 4) is 0 Å². The summed E-state index contributed by atoms with van der Waals surface area (Å²) in [6, 6.07) is 7.76. The third kappa shape index (κ3) is 2.85. The molecule has 0 atom stereocenters. The summed E-state index contributed by atoms with van der Waals surface area (Å²) in [4.78, 5) is 11.7. The minimum Gasteiger partial charge on any atom is -0.345 e. The van der Waals surface area contributed by atoms with Crippen LogP contribution in [0.5, 0.6) is 0 Å². The van der Waals surface area contributed by atoms with Gasteiger partial charge in [0.15, 0.2) is 0 Å². The number of halogens is 1. The molecule has 4 heteroatoms. The van der Waals surface area contributed by atoms with Gasteiger partial charge in [-0.3, -0.25) is 4.79 Å². The molecule has 0 aromatic heterocycles. The van der Waals surface area contributed by atoms with Gasteiger partial charge in [-0.1, -0.05) is 43.0 Å². The van der Waals surface area contributed by atoms with Gasteiger partial charge in [-0.05, 0) is 30.5 Å². The van der Waals surface area contributed by atoms with Crippen molar-refractivity contribution in [3.63, 3.8) is 0 Å². The van der Waals surface area contributed by atoms with Crippen molar-refractivity contribution in [1.82, 2.24) is 5.32 Å². The maximum Gasteiger partial charge on any atom is 0.234 e. The van der Waals surface area contributed by atoms with Gasteiger partial charge in [0.05, 0.1) is 12.1 Å². The number of benzene rings is 1. The van der Waals surface area contributed by atoms with E-state index >= 15 is 0 Å². The van der Waals surface area contributed by atoms with E-state index in [9.17, 15) is 4.79 Å². The van der Waals surface area contributed by atoms with Crippen molar-refractivity contribution < 1.29 is 4.79 Å². The molecule has 1 aliphatic rings. The lowest BCUT2D eigenvalue weighted by molar-refractivity contribution is -0.122. The molecule has 2 rings (SSSR count). The van der Waals surface area contributed by atoms with Crippen LogP contribution in [0.25, 0.3) is 0 Å². The molecule has 0 saturated heterocycles. The van der Waals surface area contributed by atoms with Crippen molar-refractivity contribution in [2.45, 2.75) is 37.6 Å². The molecule has 1 fully saturated rings. The molecule has 98 valence electrons. The maximum atomic E-state index is 11.7. The normalized spacial score (nSPS) is 18.3. The molecular weight excluding hydrogens is 248 g/mol. The number of carbonyl (C=O) groups excluding carboxylic acids is 1.